The van der Waals surface area contributed by atoms with Gasteiger partial charge in [0.15, 0.2) is 0 Å². The number of carboxylic acid groups (broad SMARTS) is 1. The molecule has 0 radical (unpaired) electrons. The first-order valence-corrected chi connectivity index (χ1v) is 5.28. The summed E-state index contributed by atoms with van der Waals surface area (Å²) in [5, 5.41) is 25.9. The zero-order valence-corrected chi connectivity index (χ0v) is 10.5. The highest BCUT2D eigenvalue weighted by Gasteiger charge is 2.26. The lowest BCUT2D eigenvalue weighted by Crippen LogP contribution is -2.30. The highest BCUT2D eigenvalue weighted by atomic mass is 35.5. The molecule has 0 fully saturated rings. The third-order valence-corrected chi connectivity index (χ3v) is 2.70. The maximum atomic E-state index is 11.5. The summed E-state index contributed by atoms with van der Waals surface area (Å²) in [6.07, 6.45) is 0. The minimum Gasteiger partial charge on any atom is -0.478 e. The average Bonchev–Trinajstić information content (AvgIpc) is 2.18. The van der Waals surface area contributed by atoms with Gasteiger partial charge in [0.05, 0.1) is 21.2 Å². The van der Waals surface area contributed by atoms with E-state index in [9.17, 15) is 9.59 Å². The zero-order valence-electron chi connectivity index (χ0n) is 8.98. The Kier molecular flexibility index (Phi) is 4.18. The molecule has 0 saturated heterocycles. The summed E-state index contributed by atoms with van der Waals surface area (Å²) in [7, 11) is 0. The Labute approximate surface area is 111 Å². The SMILES string of the molecule is CC(O)(O)OC(=O)c1ccc(C(=O)O)c(Cl)c1Cl. The normalized spacial score (nSPS) is 11.2. The summed E-state index contributed by atoms with van der Waals surface area (Å²) >= 11 is 11.4. The molecular weight excluding hydrogens is 287 g/mol. The van der Waals surface area contributed by atoms with E-state index in [2.05, 4.69) is 4.74 Å². The van der Waals surface area contributed by atoms with Gasteiger partial charge < -0.3 is 20.1 Å². The number of hydrogen-bond donors (Lipinski definition) is 3. The second-order valence-corrected chi connectivity index (χ2v) is 4.17. The van der Waals surface area contributed by atoms with Crippen molar-refractivity contribution in [2.75, 3.05) is 0 Å². The molecule has 0 bridgehead atoms. The molecule has 1 aromatic carbocycles. The third kappa shape index (κ3) is 3.33. The Bertz CT molecular complexity index is 506. The molecular formula is C10H8Cl2O6. The number of aromatic carboxylic acids is 1. The Hall–Kier alpha value is -1.34. The lowest BCUT2D eigenvalue weighted by atomic mass is 10.1. The van der Waals surface area contributed by atoms with Crippen LogP contribution < -0.4 is 0 Å². The van der Waals surface area contributed by atoms with E-state index >= 15 is 0 Å². The average molecular weight is 295 g/mol. The Morgan fingerprint density at radius 3 is 2.06 bits per heavy atom. The van der Waals surface area contributed by atoms with Crippen molar-refractivity contribution in [1.29, 1.82) is 0 Å². The first kappa shape index (κ1) is 14.7. The van der Waals surface area contributed by atoms with Gasteiger partial charge in [-0.25, -0.2) is 9.59 Å². The van der Waals surface area contributed by atoms with Crippen molar-refractivity contribution in [3.05, 3.63) is 33.3 Å². The van der Waals surface area contributed by atoms with Gasteiger partial charge in [-0.05, 0) is 12.1 Å². The van der Waals surface area contributed by atoms with Gasteiger partial charge in [-0.15, -0.1) is 0 Å². The van der Waals surface area contributed by atoms with Crippen LogP contribution >= 0.6 is 23.2 Å². The van der Waals surface area contributed by atoms with Crippen molar-refractivity contribution in [2.45, 2.75) is 12.9 Å². The number of ether oxygens (including phenoxy) is 1. The van der Waals surface area contributed by atoms with Crippen molar-refractivity contribution < 1.29 is 29.6 Å². The van der Waals surface area contributed by atoms with E-state index < -0.39 is 17.9 Å². The fourth-order valence-electron chi connectivity index (χ4n) is 1.10. The molecule has 18 heavy (non-hydrogen) atoms. The summed E-state index contributed by atoms with van der Waals surface area (Å²) in [5.74, 6) is -5.12. The zero-order chi connectivity index (χ0) is 14.1. The van der Waals surface area contributed by atoms with Crippen LogP contribution in [0.5, 0.6) is 0 Å². The second kappa shape index (κ2) is 5.11. The predicted molar refractivity (Wildman–Crippen MR) is 61.7 cm³/mol. The smallest absolute Gasteiger partial charge is 0.343 e. The molecule has 0 aliphatic carbocycles. The van der Waals surface area contributed by atoms with Gasteiger partial charge in [0.2, 0.25) is 0 Å². The van der Waals surface area contributed by atoms with Gasteiger partial charge >= 0.3 is 17.9 Å². The first-order chi connectivity index (χ1) is 8.13. The summed E-state index contributed by atoms with van der Waals surface area (Å²) in [6.45, 7) is 0.825. The van der Waals surface area contributed by atoms with Gasteiger partial charge in [-0.2, -0.15) is 0 Å². The van der Waals surface area contributed by atoms with Crippen LogP contribution in [-0.2, 0) is 4.74 Å². The van der Waals surface area contributed by atoms with Crippen molar-refractivity contribution >= 4 is 35.1 Å². The van der Waals surface area contributed by atoms with E-state index in [1.807, 2.05) is 0 Å². The summed E-state index contributed by atoms with van der Waals surface area (Å²) in [6, 6.07) is 2.12. The molecule has 8 heteroatoms. The van der Waals surface area contributed by atoms with Gasteiger partial charge in [-0.1, -0.05) is 23.2 Å². The molecule has 1 aromatic rings. The Balaban J connectivity index is 3.17. The molecule has 0 aromatic heterocycles. The fraction of sp³-hybridized carbons (Fsp3) is 0.200. The molecule has 0 spiro atoms. The number of carbonyl (C=O) groups excluding carboxylic acids is 1. The van der Waals surface area contributed by atoms with Crippen molar-refractivity contribution in [1.82, 2.24) is 0 Å². The third-order valence-electron chi connectivity index (χ3n) is 1.82. The van der Waals surface area contributed by atoms with Gasteiger partial charge in [0.25, 0.3) is 0 Å². The molecule has 0 atom stereocenters. The van der Waals surface area contributed by atoms with Crippen molar-refractivity contribution in [3.8, 4) is 0 Å². The number of rotatable bonds is 3. The summed E-state index contributed by atoms with van der Waals surface area (Å²) in [5.41, 5.74) is -0.560. The molecule has 0 aliphatic rings. The topological polar surface area (TPSA) is 104 Å². The summed E-state index contributed by atoms with van der Waals surface area (Å²) in [4.78, 5) is 22.2. The minimum atomic E-state index is -2.67. The molecule has 1 rings (SSSR count). The van der Waals surface area contributed by atoms with Crippen LogP contribution in [0.3, 0.4) is 0 Å². The van der Waals surface area contributed by atoms with E-state index in [-0.39, 0.29) is 21.2 Å². The number of halogens is 2. The first-order valence-electron chi connectivity index (χ1n) is 4.53. The molecule has 3 N–H and O–H groups in total. The molecule has 0 aliphatic heterocycles. The molecule has 0 saturated carbocycles. The van der Waals surface area contributed by atoms with Gasteiger partial charge in [-0.3, -0.25) is 0 Å². The van der Waals surface area contributed by atoms with Crippen LogP contribution in [-0.4, -0.2) is 33.2 Å². The van der Waals surface area contributed by atoms with Crippen LogP contribution in [0.4, 0.5) is 0 Å². The second-order valence-electron chi connectivity index (χ2n) is 3.42. The molecule has 0 amide bonds. The van der Waals surface area contributed by atoms with E-state index in [0.29, 0.717) is 0 Å². The Morgan fingerprint density at radius 2 is 1.61 bits per heavy atom. The predicted octanol–water partition coefficient (Wildman–Crippen LogP) is 1.51. The highest BCUT2D eigenvalue weighted by molar-refractivity contribution is 6.45. The standard InChI is InChI=1S/C10H8Cl2O6/c1-10(16,17)18-9(15)5-3-2-4(8(13)14)6(11)7(5)12/h2-3,16-17H,1H3,(H,13,14). The van der Waals surface area contributed by atoms with Crippen LogP contribution in [0.25, 0.3) is 0 Å². The van der Waals surface area contributed by atoms with E-state index in [1.165, 1.54) is 0 Å². The minimum absolute atomic E-state index is 0.277. The number of carboxylic acids is 1. The molecule has 0 unspecified atom stereocenters. The van der Waals surface area contributed by atoms with Crippen LogP contribution in [0.1, 0.15) is 27.6 Å². The number of aliphatic hydroxyl groups is 2. The lowest BCUT2D eigenvalue weighted by Gasteiger charge is -2.16. The Morgan fingerprint density at radius 1 is 1.17 bits per heavy atom. The molecule has 98 valence electrons. The quantitative estimate of drug-likeness (QED) is 0.576. The monoisotopic (exact) mass is 294 g/mol. The van der Waals surface area contributed by atoms with Crippen LogP contribution in [0.15, 0.2) is 12.1 Å². The van der Waals surface area contributed by atoms with Crippen molar-refractivity contribution in [2.24, 2.45) is 0 Å². The van der Waals surface area contributed by atoms with Crippen LogP contribution in [0.2, 0.25) is 10.0 Å². The number of hydrogen-bond acceptors (Lipinski definition) is 5. The number of carbonyl (C=O) groups is 2. The molecule has 0 heterocycles. The summed E-state index contributed by atoms with van der Waals surface area (Å²) < 4.78 is 4.24. The maximum absolute atomic E-state index is 11.5. The highest BCUT2D eigenvalue weighted by Crippen LogP contribution is 2.30. The largest absolute Gasteiger partial charge is 0.478 e. The van der Waals surface area contributed by atoms with Crippen LogP contribution in [0, 0.1) is 0 Å². The number of esters is 1. The van der Waals surface area contributed by atoms with Gasteiger partial charge in [0.1, 0.15) is 0 Å². The molecule has 6 nitrogen and oxygen atoms in total. The lowest BCUT2D eigenvalue weighted by molar-refractivity contribution is -0.293. The fourth-order valence-corrected chi connectivity index (χ4v) is 1.59. The van der Waals surface area contributed by atoms with E-state index in [1.54, 1.807) is 0 Å². The van der Waals surface area contributed by atoms with Gasteiger partial charge in [0, 0.05) is 6.92 Å². The maximum Gasteiger partial charge on any atom is 0.343 e. The van der Waals surface area contributed by atoms with E-state index in [4.69, 9.17) is 38.5 Å². The van der Waals surface area contributed by atoms with E-state index in [0.717, 1.165) is 19.1 Å². The number of benzene rings is 1. The van der Waals surface area contributed by atoms with Crippen molar-refractivity contribution in [3.63, 3.8) is 0 Å².